The van der Waals surface area contributed by atoms with Gasteiger partial charge in [-0.1, -0.05) is 18.2 Å². The molecule has 3 nitrogen and oxygen atoms in total. The average Bonchev–Trinajstić information content (AvgIpc) is 2.97. The number of amides is 1. The molecule has 2 aliphatic heterocycles. The Bertz CT molecular complexity index is 753. The van der Waals surface area contributed by atoms with Crippen LogP contribution in [-0.2, 0) is 11.2 Å². The van der Waals surface area contributed by atoms with Gasteiger partial charge in [-0.2, -0.15) is 0 Å². The van der Waals surface area contributed by atoms with Gasteiger partial charge in [-0.15, -0.1) is 0 Å². The molecule has 2 aromatic rings. The van der Waals surface area contributed by atoms with Gasteiger partial charge in [0.2, 0.25) is 0 Å². The first-order valence-electron chi connectivity index (χ1n) is 6.42. The highest BCUT2D eigenvalue weighted by Gasteiger charge is 2.30. The van der Waals surface area contributed by atoms with Crippen molar-refractivity contribution in [3.63, 3.8) is 0 Å². The fourth-order valence-electron chi connectivity index (χ4n) is 2.78. The van der Waals surface area contributed by atoms with Crippen molar-refractivity contribution >= 4 is 22.9 Å². The Labute approximate surface area is 115 Å². The van der Waals surface area contributed by atoms with Gasteiger partial charge >= 0.3 is 0 Å². The molecule has 0 aromatic heterocycles. The number of hydrogen-bond donors (Lipinski definition) is 2. The standard InChI is InChI=1S/C16H11FN2O/c17-10-5-6-13-11(8-10)15(16(20)19-13)14-7-9-3-1-2-4-12(9)18-14/h1-6,8,18H,7H2,(H,19,20)/b15-14-. The highest BCUT2D eigenvalue weighted by molar-refractivity contribution is 6.32. The van der Waals surface area contributed by atoms with E-state index >= 15 is 0 Å². The molecule has 1 amide bonds. The number of carbonyl (C=O) groups excluding carboxylic acids is 1. The minimum atomic E-state index is -0.339. The SMILES string of the molecule is O=C1Nc2ccc(F)cc2/C1=C1\Cc2ccccc2N1. The monoisotopic (exact) mass is 266 g/mol. The minimum Gasteiger partial charge on any atom is -0.358 e. The lowest BCUT2D eigenvalue weighted by Gasteiger charge is -2.04. The van der Waals surface area contributed by atoms with Gasteiger partial charge in [-0.3, -0.25) is 4.79 Å². The number of benzene rings is 2. The fourth-order valence-corrected chi connectivity index (χ4v) is 2.78. The maximum absolute atomic E-state index is 13.4. The van der Waals surface area contributed by atoms with Gasteiger partial charge < -0.3 is 10.6 Å². The molecule has 2 aromatic carbocycles. The van der Waals surface area contributed by atoms with Crippen LogP contribution in [0.25, 0.3) is 5.57 Å². The molecule has 4 rings (SSSR count). The van der Waals surface area contributed by atoms with Crippen LogP contribution in [-0.4, -0.2) is 5.91 Å². The summed E-state index contributed by atoms with van der Waals surface area (Å²) in [5.74, 6) is -0.519. The van der Waals surface area contributed by atoms with E-state index in [1.165, 1.54) is 12.1 Å². The van der Waals surface area contributed by atoms with Crippen LogP contribution in [0, 0.1) is 5.82 Å². The quantitative estimate of drug-likeness (QED) is 0.719. The number of allylic oxidation sites excluding steroid dienone is 1. The van der Waals surface area contributed by atoms with E-state index in [2.05, 4.69) is 10.6 Å². The molecular weight excluding hydrogens is 255 g/mol. The largest absolute Gasteiger partial charge is 0.358 e. The highest BCUT2D eigenvalue weighted by Crippen LogP contribution is 2.38. The molecule has 0 atom stereocenters. The summed E-state index contributed by atoms with van der Waals surface area (Å²) in [5, 5.41) is 6.04. The van der Waals surface area contributed by atoms with Crippen molar-refractivity contribution in [1.29, 1.82) is 0 Å². The van der Waals surface area contributed by atoms with Gasteiger partial charge in [-0.05, 0) is 29.8 Å². The summed E-state index contributed by atoms with van der Waals surface area (Å²) < 4.78 is 13.4. The first-order valence-corrected chi connectivity index (χ1v) is 6.42. The lowest BCUT2D eigenvalue weighted by molar-refractivity contribution is -0.110. The minimum absolute atomic E-state index is 0.180. The fraction of sp³-hybridized carbons (Fsp3) is 0.0625. The third-order valence-electron chi connectivity index (χ3n) is 3.70. The first-order chi connectivity index (χ1) is 9.72. The lowest BCUT2D eigenvalue weighted by atomic mass is 10.0. The van der Waals surface area contributed by atoms with E-state index in [0.717, 1.165) is 16.9 Å². The van der Waals surface area contributed by atoms with Crippen molar-refractivity contribution in [2.75, 3.05) is 10.6 Å². The number of hydrogen-bond acceptors (Lipinski definition) is 2. The second-order valence-corrected chi connectivity index (χ2v) is 4.96. The van der Waals surface area contributed by atoms with Gasteiger partial charge in [0, 0.05) is 29.1 Å². The topological polar surface area (TPSA) is 41.1 Å². The summed E-state index contributed by atoms with van der Waals surface area (Å²) in [5.41, 5.74) is 4.81. The molecule has 2 heterocycles. The molecule has 0 spiro atoms. The van der Waals surface area contributed by atoms with Crippen molar-refractivity contribution < 1.29 is 9.18 Å². The molecule has 0 bridgehead atoms. The molecule has 20 heavy (non-hydrogen) atoms. The van der Waals surface area contributed by atoms with Crippen LogP contribution in [0.15, 0.2) is 48.2 Å². The number of para-hydroxylation sites is 1. The van der Waals surface area contributed by atoms with Crippen molar-refractivity contribution in [2.45, 2.75) is 6.42 Å². The Balaban J connectivity index is 1.87. The molecule has 2 N–H and O–H groups in total. The number of fused-ring (bicyclic) bond motifs is 2. The Morgan fingerprint density at radius 2 is 1.85 bits per heavy atom. The second kappa shape index (κ2) is 3.93. The van der Waals surface area contributed by atoms with Crippen LogP contribution in [0.5, 0.6) is 0 Å². The van der Waals surface area contributed by atoms with Crippen molar-refractivity contribution in [2.24, 2.45) is 0 Å². The van der Waals surface area contributed by atoms with E-state index in [-0.39, 0.29) is 11.7 Å². The Morgan fingerprint density at radius 3 is 2.70 bits per heavy atom. The molecular formula is C16H11FN2O. The summed E-state index contributed by atoms with van der Waals surface area (Å²) in [6, 6.07) is 12.3. The number of nitrogens with one attached hydrogen (secondary N) is 2. The van der Waals surface area contributed by atoms with Gasteiger partial charge in [0.05, 0.1) is 5.57 Å². The second-order valence-electron chi connectivity index (χ2n) is 4.96. The van der Waals surface area contributed by atoms with Crippen molar-refractivity contribution in [3.05, 3.63) is 65.1 Å². The molecule has 2 aliphatic rings. The summed E-state index contributed by atoms with van der Waals surface area (Å²) in [7, 11) is 0. The van der Waals surface area contributed by atoms with Crippen LogP contribution in [0.1, 0.15) is 11.1 Å². The summed E-state index contributed by atoms with van der Waals surface area (Å²) in [6.07, 6.45) is 0.662. The third-order valence-corrected chi connectivity index (χ3v) is 3.70. The molecule has 0 saturated heterocycles. The molecule has 0 aliphatic carbocycles. The molecule has 0 radical (unpaired) electrons. The van der Waals surface area contributed by atoms with E-state index in [0.29, 0.717) is 23.2 Å². The van der Waals surface area contributed by atoms with Crippen LogP contribution in [0.3, 0.4) is 0 Å². The summed E-state index contributed by atoms with van der Waals surface area (Å²) in [6.45, 7) is 0. The van der Waals surface area contributed by atoms with Crippen LogP contribution < -0.4 is 10.6 Å². The zero-order valence-corrected chi connectivity index (χ0v) is 10.5. The predicted octanol–water partition coefficient (Wildman–Crippen LogP) is 3.16. The van der Waals surface area contributed by atoms with E-state index < -0.39 is 0 Å². The smallest absolute Gasteiger partial charge is 0.258 e. The zero-order chi connectivity index (χ0) is 13.7. The lowest BCUT2D eigenvalue weighted by Crippen LogP contribution is -2.08. The van der Waals surface area contributed by atoms with Crippen molar-refractivity contribution in [3.8, 4) is 0 Å². The highest BCUT2D eigenvalue weighted by atomic mass is 19.1. The Kier molecular flexibility index (Phi) is 2.21. The first kappa shape index (κ1) is 11.2. The molecule has 0 fully saturated rings. The van der Waals surface area contributed by atoms with E-state index in [9.17, 15) is 9.18 Å². The van der Waals surface area contributed by atoms with Crippen LogP contribution >= 0.6 is 0 Å². The normalized spacial score (nSPS) is 19.4. The molecule has 98 valence electrons. The van der Waals surface area contributed by atoms with Crippen LogP contribution in [0.2, 0.25) is 0 Å². The maximum Gasteiger partial charge on any atom is 0.258 e. The number of rotatable bonds is 0. The summed E-state index contributed by atoms with van der Waals surface area (Å²) >= 11 is 0. The molecule has 0 saturated carbocycles. The van der Waals surface area contributed by atoms with Gasteiger partial charge in [0.1, 0.15) is 5.82 Å². The van der Waals surface area contributed by atoms with Crippen LogP contribution in [0.4, 0.5) is 15.8 Å². The third kappa shape index (κ3) is 1.54. The number of halogens is 1. The van der Waals surface area contributed by atoms with E-state index in [4.69, 9.17) is 0 Å². The number of anilines is 2. The summed E-state index contributed by atoms with van der Waals surface area (Å²) in [4.78, 5) is 12.1. The average molecular weight is 266 g/mol. The van der Waals surface area contributed by atoms with E-state index in [1.807, 2.05) is 24.3 Å². The van der Waals surface area contributed by atoms with Gasteiger partial charge in [0.25, 0.3) is 5.91 Å². The predicted molar refractivity (Wildman–Crippen MR) is 75.7 cm³/mol. The van der Waals surface area contributed by atoms with E-state index in [1.54, 1.807) is 6.07 Å². The van der Waals surface area contributed by atoms with Gasteiger partial charge in [0.15, 0.2) is 0 Å². The maximum atomic E-state index is 13.4. The van der Waals surface area contributed by atoms with Crippen molar-refractivity contribution in [1.82, 2.24) is 0 Å². The zero-order valence-electron chi connectivity index (χ0n) is 10.5. The Hall–Kier alpha value is -2.62. The number of carbonyl (C=O) groups is 1. The van der Waals surface area contributed by atoms with Gasteiger partial charge in [-0.25, -0.2) is 4.39 Å². The Morgan fingerprint density at radius 1 is 1.00 bits per heavy atom. The molecule has 0 unspecified atom stereocenters. The molecule has 4 heteroatoms.